The summed E-state index contributed by atoms with van der Waals surface area (Å²) in [4.78, 5) is 74.9. The molecule has 0 bridgehead atoms. The molecule has 262 valence electrons. The Morgan fingerprint density at radius 3 is 1.21 bits per heavy atom. The van der Waals surface area contributed by atoms with Crippen molar-refractivity contribution >= 4 is 57.5 Å². The lowest BCUT2D eigenvalue weighted by molar-refractivity contribution is -0.143. The molecule has 0 aliphatic rings. The van der Waals surface area contributed by atoms with Gasteiger partial charge >= 0.3 is 24.1 Å². The normalized spacial score (nSPS) is 13.4. The van der Waals surface area contributed by atoms with E-state index in [2.05, 4.69) is 21.3 Å². The zero-order chi connectivity index (χ0) is 35.6. The zero-order valence-corrected chi connectivity index (χ0v) is 28.7. The summed E-state index contributed by atoms with van der Waals surface area (Å²) in [6.45, 7) is 6.36. The number of nitrogens with one attached hydrogen (secondary N) is 4. The monoisotopic (exact) mass is 706 g/mol. The van der Waals surface area contributed by atoms with Crippen molar-refractivity contribution < 1.29 is 48.5 Å². The van der Waals surface area contributed by atoms with Crippen LogP contribution in [0.5, 0.6) is 0 Å². The van der Waals surface area contributed by atoms with Gasteiger partial charge in [0.05, 0.1) is 0 Å². The third kappa shape index (κ3) is 14.5. The predicted molar refractivity (Wildman–Crippen MR) is 181 cm³/mol. The third-order valence-electron chi connectivity index (χ3n) is 6.66. The van der Waals surface area contributed by atoms with Gasteiger partial charge in [-0.25, -0.2) is 19.2 Å². The Bertz CT molecular complexity index is 1260. The van der Waals surface area contributed by atoms with Gasteiger partial charge in [-0.3, -0.25) is 9.59 Å². The molecule has 2 aromatic rings. The van der Waals surface area contributed by atoms with Gasteiger partial charge in [-0.1, -0.05) is 110 Å². The summed E-state index contributed by atoms with van der Waals surface area (Å²) in [7, 11) is 2.11. The number of alkyl carbamates (subject to hydrolysis) is 2. The molecule has 0 aliphatic heterocycles. The molecule has 6 N–H and O–H groups in total. The molecule has 0 fully saturated rings. The molecule has 0 saturated carbocycles. The van der Waals surface area contributed by atoms with E-state index in [1.54, 1.807) is 88.4 Å². The number of rotatable bonds is 19. The van der Waals surface area contributed by atoms with Gasteiger partial charge in [-0.05, 0) is 23.0 Å². The lowest BCUT2D eigenvalue weighted by atomic mass is 10.0. The molecule has 0 unspecified atom stereocenters. The largest absolute Gasteiger partial charge is 0.480 e. The summed E-state index contributed by atoms with van der Waals surface area (Å²) in [5.41, 5.74) is 1.43. The molecule has 4 amide bonds. The molecule has 0 aromatic heterocycles. The smallest absolute Gasteiger partial charge is 0.408 e. The maximum atomic E-state index is 13.1. The summed E-state index contributed by atoms with van der Waals surface area (Å²) < 4.78 is 10.5. The fourth-order valence-corrected chi connectivity index (χ4v) is 6.27. The second kappa shape index (κ2) is 20.7. The lowest BCUT2D eigenvalue weighted by Crippen LogP contribution is -2.54. The van der Waals surface area contributed by atoms with E-state index in [1.165, 1.54) is 0 Å². The highest BCUT2D eigenvalue weighted by Crippen LogP contribution is 2.24. The van der Waals surface area contributed by atoms with Crippen LogP contribution in [-0.2, 0) is 41.9 Å². The van der Waals surface area contributed by atoms with E-state index >= 15 is 0 Å². The fraction of sp³-hybridized carbons (Fsp3) is 0.438. The summed E-state index contributed by atoms with van der Waals surface area (Å²) in [5, 5.41) is 28.9. The van der Waals surface area contributed by atoms with E-state index in [1.807, 2.05) is 0 Å². The number of carboxylic acids is 2. The minimum atomic E-state index is -1.24. The average molecular weight is 707 g/mol. The zero-order valence-electron chi connectivity index (χ0n) is 27.0. The summed E-state index contributed by atoms with van der Waals surface area (Å²) in [5.74, 6) is -5.09. The molecule has 4 atom stereocenters. The quantitative estimate of drug-likeness (QED) is 0.0918. The first-order chi connectivity index (χ1) is 22.8. The molecule has 16 heteroatoms. The van der Waals surface area contributed by atoms with E-state index in [0.717, 1.165) is 21.6 Å². The number of benzene rings is 2. The summed E-state index contributed by atoms with van der Waals surface area (Å²) in [6, 6.07) is 12.8. The molecule has 2 aromatic carbocycles. The number of hydrogen-bond donors (Lipinski definition) is 6. The highest BCUT2D eigenvalue weighted by molar-refractivity contribution is 8.76. The van der Waals surface area contributed by atoms with Gasteiger partial charge in [0.2, 0.25) is 11.8 Å². The first-order valence-electron chi connectivity index (χ1n) is 15.0. The Labute approximate surface area is 286 Å². The van der Waals surface area contributed by atoms with Crippen molar-refractivity contribution in [3.05, 3.63) is 71.8 Å². The maximum Gasteiger partial charge on any atom is 0.408 e. The molecule has 0 saturated heterocycles. The van der Waals surface area contributed by atoms with Crippen LogP contribution >= 0.6 is 21.6 Å². The van der Waals surface area contributed by atoms with Gasteiger partial charge < -0.3 is 41.0 Å². The lowest BCUT2D eigenvalue weighted by Gasteiger charge is -2.24. The molecule has 48 heavy (non-hydrogen) atoms. The van der Waals surface area contributed by atoms with E-state index in [0.29, 0.717) is 11.1 Å². The van der Waals surface area contributed by atoms with Crippen molar-refractivity contribution in [3.8, 4) is 0 Å². The van der Waals surface area contributed by atoms with Crippen molar-refractivity contribution in [2.45, 2.75) is 65.1 Å². The topological polar surface area (TPSA) is 209 Å². The number of ether oxygens (including phenoxy) is 2. The molecular formula is C32H42N4O10S2. The van der Waals surface area contributed by atoms with Gasteiger partial charge in [-0.2, -0.15) is 0 Å². The van der Waals surface area contributed by atoms with Crippen LogP contribution in [-0.4, -0.2) is 81.8 Å². The number of amides is 4. The minimum Gasteiger partial charge on any atom is -0.480 e. The number of carbonyl (C=O) groups is 6. The molecule has 0 spiro atoms. The molecule has 0 heterocycles. The van der Waals surface area contributed by atoms with Gasteiger partial charge in [0.1, 0.15) is 37.4 Å². The molecule has 0 radical (unpaired) electrons. The Morgan fingerprint density at radius 1 is 0.583 bits per heavy atom. The van der Waals surface area contributed by atoms with Crippen LogP contribution in [0, 0.1) is 11.8 Å². The van der Waals surface area contributed by atoms with Crippen molar-refractivity contribution in [2.24, 2.45) is 11.8 Å². The van der Waals surface area contributed by atoms with E-state index < -0.39 is 71.9 Å². The fourth-order valence-electron chi connectivity index (χ4n) is 3.95. The van der Waals surface area contributed by atoms with Gasteiger partial charge in [0.15, 0.2) is 0 Å². The number of hydrogen-bond acceptors (Lipinski definition) is 10. The van der Waals surface area contributed by atoms with Crippen LogP contribution in [0.3, 0.4) is 0 Å². The van der Waals surface area contributed by atoms with Crippen LogP contribution < -0.4 is 21.3 Å². The minimum absolute atomic E-state index is 0.0663. The first-order valence-corrected chi connectivity index (χ1v) is 17.5. The molecule has 0 aliphatic carbocycles. The summed E-state index contributed by atoms with van der Waals surface area (Å²) in [6.07, 6.45) is -1.82. The van der Waals surface area contributed by atoms with E-state index in [-0.39, 0.29) is 24.7 Å². The number of carboxylic acid groups (broad SMARTS) is 2. The van der Waals surface area contributed by atoms with Crippen molar-refractivity contribution in [2.75, 3.05) is 11.5 Å². The second-order valence-corrected chi connectivity index (χ2v) is 13.8. The predicted octanol–water partition coefficient (Wildman–Crippen LogP) is 3.41. The Kier molecular flexibility index (Phi) is 17.2. The highest BCUT2D eigenvalue weighted by Gasteiger charge is 2.31. The van der Waals surface area contributed by atoms with E-state index in [9.17, 15) is 39.0 Å². The van der Waals surface area contributed by atoms with Gasteiger partial charge in [0.25, 0.3) is 0 Å². The Balaban J connectivity index is 2.10. The Hall–Kier alpha value is -4.44. The van der Waals surface area contributed by atoms with E-state index in [4.69, 9.17) is 9.47 Å². The molecule has 14 nitrogen and oxygen atoms in total. The standard InChI is InChI=1S/C32H42N4O10S2/c1-19(2)25(29(39)40)35-27(37)23(33-31(43)45-15-21-11-7-5-8-12-21)17-47-48-18-24(28(38)36-26(20(3)4)30(41)42)34-32(44)46-16-22-13-9-6-10-14-22/h5-14,19-20,23-26H,15-18H2,1-4H3,(H,33,43)(H,34,44)(H,35,37)(H,36,38)(H,39,40)(H,41,42)/t23-,24+,25-,26-/m0/s1. The first kappa shape index (κ1) is 39.7. The second-order valence-electron chi connectivity index (χ2n) is 11.2. The third-order valence-corrected chi connectivity index (χ3v) is 9.08. The van der Waals surface area contributed by atoms with Crippen LogP contribution in [0.2, 0.25) is 0 Å². The maximum absolute atomic E-state index is 13.1. The van der Waals surface area contributed by atoms with Crippen LogP contribution in [0.25, 0.3) is 0 Å². The number of carbonyl (C=O) groups excluding carboxylic acids is 4. The van der Waals surface area contributed by atoms with Crippen LogP contribution in [0.15, 0.2) is 60.7 Å². The van der Waals surface area contributed by atoms with Gasteiger partial charge in [-0.15, -0.1) is 0 Å². The Morgan fingerprint density at radius 2 is 0.917 bits per heavy atom. The van der Waals surface area contributed by atoms with Crippen LogP contribution in [0.4, 0.5) is 9.59 Å². The SMILES string of the molecule is CC(C)[C@H](NC(=O)[C@H](CSSC[C@@H](NC(=O)OCc1ccccc1)C(=O)N[C@H](C(=O)O)C(C)C)NC(=O)OCc1ccccc1)C(=O)O. The van der Waals surface area contributed by atoms with Gasteiger partial charge in [0, 0.05) is 11.5 Å². The average Bonchev–Trinajstić information content (AvgIpc) is 3.05. The van der Waals surface area contributed by atoms with Crippen LogP contribution in [0.1, 0.15) is 38.8 Å². The molecule has 2 rings (SSSR count). The highest BCUT2D eigenvalue weighted by atomic mass is 33.1. The summed E-state index contributed by atoms with van der Waals surface area (Å²) >= 11 is 0. The van der Waals surface area contributed by atoms with Crippen molar-refractivity contribution in [1.82, 2.24) is 21.3 Å². The van der Waals surface area contributed by atoms with Crippen molar-refractivity contribution in [1.29, 1.82) is 0 Å². The van der Waals surface area contributed by atoms with Crippen molar-refractivity contribution in [3.63, 3.8) is 0 Å². The number of aliphatic carboxylic acids is 2. The molecular weight excluding hydrogens is 665 g/mol.